The first-order valence-electron chi connectivity index (χ1n) is 38.7. The number of carbonyl (C=O) groups excluding carboxylic acids is 4. The van der Waals surface area contributed by atoms with E-state index in [1.54, 1.807) is 0 Å². The molecule has 0 saturated heterocycles. The lowest BCUT2D eigenvalue weighted by atomic mass is 10.1. The summed E-state index contributed by atoms with van der Waals surface area (Å²) in [7, 11) is -9.99. The van der Waals surface area contributed by atoms with Gasteiger partial charge in [0.05, 0.1) is 26.4 Å². The highest BCUT2D eigenvalue weighted by Crippen LogP contribution is 2.45. The van der Waals surface area contributed by atoms with Crippen LogP contribution in [0.4, 0.5) is 0 Å². The number of unbranched alkanes of at least 4 members (excludes halogenated alkanes) is 19. The third kappa shape index (κ3) is 73.0. The standard InChI is InChI=1S/C83H136O17P2/c1-5-9-13-17-21-25-29-32-35-37-38-40-43-45-49-52-56-60-64-68-81(86)94-74-79(100-83(88)70-66-62-58-54-50-46-41-34-31-27-23-19-15-11-7-3)76-98-102(91,92)96-72-77(84)71-95-101(89,90)97-75-78(99-82(87)69-65-61-57-53-47-28-24-20-16-12-8-4)73-93-80(85)67-63-59-55-51-48-44-42-39-36-33-30-26-22-18-14-10-6-2/h9-11,13-15,21-23,25-27,32-36,38,40-42,44-45,49,56,60,77-79,84H,5-8,12,16-20,24,28-31,37,39,43,46-48,50-55,57-59,61-76H2,1-4H3,(H,89,90)(H,91,92)/b13-9-,14-10-,15-11-,25-21-,26-22-,27-23-,35-32-,36-33-,40-38-,41-34-,44-42-,49-45-,60-56-. The molecule has 0 aliphatic rings. The lowest BCUT2D eigenvalue weighted by molar-refractivity contribution is -0.161. The third-order valence-electron chi connectivity index (χ3n) is 15.5. The van der Waals surface area contributed by atoms with E-state index in [9.17, 15) is 43.2 Å². The van der Waals surface area contributed by atoms with Gasteiger partial charge in [0.25, 0.3) is 0 Å². The van der Waals surface area contributed by atoms with Gasteiger partial charge in [0.15, 0.2) is 12.2 Å². The highest BCUT2D eigenvalue weighted by Gasteiger charge is 2.30. The van der Waals surface area contributed by atoms with Crippen molar-refractivity contribution in [2.75, 3.05) is 39.6 Å². The van der Waals surface area contributed by atoms with Gasteiger partial charge in [-0.2, -0.15) is 0 Å². The molecule has 0 spiro atoms. The monoisotopic (exact) mass is 1470 g/mol. The van der Waals surface area contributed by atoms with E-state index in [1.165, 1.54) is 38.5 Å². The first-order chi connectivity index (χ1) is 49.7. The van der Waals surface area contributed by atoms with Crippen molar-refractivity contribution in [3.63, 3.8) is 0 Å². The molecule has 0 rings (SSSR count). The number of carbonyl (C=O) groups is 4. The van der Waals surface area contributed by atoms with Crippen LogP contribution < -0.4 is 0 Å². The quantitative estimate of drug-likeness (QED) is 0.0169. The van der Waals surface area contributed by atoms with Crippen molar-refractivity contribution in [1.82, 2.24) is 0 Å². The Balaban J connectivity index is 5.43. The van der Waals surface area contributed by atoms with E-state index in [1.807, 2.05) is 18.2 Å². The molecule has 0 aromatic carbocycles. The molecule has 0 bridgehead atoms. The number of aliphatic hydroxyl groups is 1. The molecule has 3 N–H and O–H groups in total. The predicted octanol–water partition coefficient (Wildman–Crippen LogP) is 22.4. The SMILES string of the molecule is CC/C=C\C/C=C\C/C=C\C/C=C\C/C=C\C/C=C\CCC(=O)OCC(COP(=O)(O)OCC(O)COP(=O)(O)OCC(COC(=O)CCCCCC/C=C\C/C=C\C/C=C\C/C=C\CC)OC(=O)CCCCCCCCCCCCC)OC(=O)CCCCCCC/C=C\C/C=C\C/C=C\CC. The maximum Gasteiger partial charge on any atom is 0.472 e. The van der Waals surface area contributed by atoms with E-state index in [0.29, 0.717) is 32.1 Å². The fourth-order valence-electron chi connectivity index (χ4n) is 9.72. The van der Waals surface area contributed by atoms with Crippen LogP contribution in [0.2, 0.25) is 0 Å². The van der Waals surface area contributed by atoms with Gasteiger partial charge < -0.3 is 33.8 Å². The molecule has 0 amide bonds. The third-order valence-corrected chi connectivity index (χ3v) is 17.4. The largest absolute Gasteiger partial charge is 0.472 e. The van der Waals surface area contributed by atoms with E-state index >= 15 is 0 Å². The molecule has 102 heavy (non-hydrogen) atoms. The average Bonchev–Trinajstić information content (AvgIpc) is 0.939. The van der Waals surface area contributed by atoms with Crippen LogP contribution in [0.3, 0.4) is 0 Å². The van der Waals surface area contributed by atoms with Gasteiger partial charge in [-0.05, 0) is 135 Å². The summed E-state index contributed by atoms with van der Waals surface area (Å²) >= 11 is 0. The zero-order valence-electron chi connectivity index (χ0n) is 63.2. The van der Waals surface area contributed by atoms with Gasteiger partial charge in [0.1, 0.15) is 19.3 Å². The summed E-state index contributed by atoms with van der Waals surface area (Å²) in [5, 5.41) is 10.6. The molecule has 0 saturated carbocycles. The van der Waals surface area contributed by atoms with E-state index in [-0.39, 0.29) is 25.7 Å². The average molecular weight is 1470 g/mol. The molecule has 17 nitrogen and oxygen atoms in total. The molecule has 5 unspecified atom stereocenters. The molecule has 580 valence electrons. The Kier molecular flexibility index (Phi) is 70.1. The maximum atomic E-state index is 13.1. The van der Waals surface area contributed by atoms with Crippen LogP contribution >= 0.6 is 15.6 Å². The maximum absolute atomic E-state index is 13.1. The van der Waals surface area contributed by atoms with Gasteiger partial charge >= 0.3 is 39.5 Å². The molecule has 0 fully saturated rings. The van der Waals surface area contributed by atoms with E-state index < -0.39 is 97.5 Å². The lowest BCUT2D eigenvalue weighted by Gasteiger charge is -2.21. The van der Waals surface area contributed by atoms with Gasteiger partial charge in [0, 0.05) is 25.7 Å². The van der Waals surface area contributed by atoms with Crippen molar-refractivity contribution in [3.05, 3.63) is 158 Å². The number of phosphoric acid groups is 2. The van der Waals surface area contributed by atoms with Crippen LogP contribution in [0.5, 0.6) is 0 Å². The van der Waals surface area contributed by atoms with E-state index in [0.717, 1.165) is 161 Å². The summed E-state index contributed by atoms with van der Waals surface area (Å²) in [5.74, 6) is -2.33. The zero-order valence-corrected chi connectivity index (χ0v) is 65.0. The number of phosphoric ester groups is 2. The van der Waals surface area contributed by atoms with Crippen molar-refractivity contribution < 1.29 is 80.2 Å². The summed E-state index contributed by atoms with van der Waals surface area (Å²) < 4.78 is 68.4. The summed E-state index contributed by atoms with van der Waals surface area (Å²) in [6.07, 6.45) is 85.3. The number of hydrogen-bond donors (Lipinski definition) is 3. The number of hydrogen-bond acceptors (Lipinski definition) is 15. The highest BCUT2D eigenvalue weighted by molar-refractivity contribution is 7.47. The molecule has 5 atom stereocenters. The molecule has 0 heterocycles. The first kappa shape index (κ1) is 96.7. The van der Waals surface area contributed by atoms with Crippen molar-refractivity contribution >= 4 is 39.5 Å². The van der Waals surface area contributed by atoms with Crippen LogP contribution in [-0.2, 0) is 65.4 Å². The Hall–Kier alpha value is -5.32. The Morgan fingerprint density at radius 1 is 0.284 bits per heavy atom. The van der Waals surface area contributed by atoms with Crippen molar-refractivity contribution in [2.45, 2.75) is 303 Å². The van der Waals surface area contributed by atoms with Gasteiger partial charge in [0.2, 0.25) is 0 Å². The molecule has 19 heteroatoms. The Labute approximate surface area is 617 Å². The minimum absolute atomic E-state index is 0.0272. The second kappa shape index (κ2) is 74.0. The molecule has 0 aromatic rings. The molecule has 0 aromatic heterocycles. The normalized spacial score (nSPS) is 14.8. The minimum atomic E-state index is -5.00. The Morgan fingerprint density at radius 3 is 0.843 bits per heavy atom. The number of allylic oxidation sites excluding steroid dienone is 26. The zero-order chi connectivity index (χ0) is 74.6. The number of esters is 4. The van der Waals surface area contributed by atoms with Gasteiger partial charge in [-0.3, -0.25) is 37.3 Å². The molecule has 0 radical (unpaired) electrons. The van der Waals surface area contributed by atoms with Crippen LogP contribution in [0.15, 0.2) is 158 Å². The number of aliphatic hydroxyl groups excluding tert-OH is 1. The summed E-state index contributed by atoms with van der Waals surface area (Å²) in [5.41, 5.74) is 0. The van der Waals surface area contributed by atoms with Gasteiger partial charge in [-0.1, -0.05) is 282 Å². The number of rotatable bonds is 71. The van der Waals surface area contributed by atoms with Crippen molar-refractivity contribution in [1.29, 1.82) is 0 Å². The topological polar surface area (TPSA) is 237 Å². The fourth-order valence-corrected chi connectivity index (χ4v) is 11.3. The summed E-state index contributed by atoms with van der Waals surface area (Å²) in [4.78, 5) is 72.9. The van der Waals surface area contributed by atoms with E-state index in [2.05, 4.69) is 167 Å². The molecular weight excluding hydrogens is 1330 g/mol. The van der Waals surface area contributed by atoms with Crippen LogP contribution in [0.25, 0.3) is 0 Å². The summed E-state index contributed by atoms with van der Waals surface area (Å²) in [6, 6.07) is 0. The highest BCUT2D eigenvalue weighted by atomic mass is 31.2. The van der Waals surface area contributed by atoms with Gasteiger partial charge in [-0.15, -0.1) is 0 Å². The van der Waals surface area contributed by atoms with Crippen LogP contribution in [0, 0.1) is 0 Å². The second-order valence-corrected chi connectivity index (χ2v) is 28.1. The summed E-state index contributed by atoms with van der Waals surface area (Å²) in [6.45, 7) is 4.38. The first-order valence-corrected chi connectivity index (χ1v) is 41.7. The number of ether oxygens (including phenoxy) is 4. The minimum Gasteiger partial charge on any atom is -0.462 e. The van der Waals surface area contributed by atoms with Gasteiger partial charge in [-0.25, -0.2) is 9.13 Å². The molecule has 0 aliphatic heterocycles. The molecule has 0 aliphatic carbocycles. The molecular formula is C83H136O17P2. The van der Waals surface area contributed by atoms with Crippen LogP contribution in [0.1, 0.15) is 285 Å². The second-order valence-electron chi connectivity index (χ2n) is 25.2. The van der Waals surface area contributed by atoms with Crippen molar-refractivity contribution in [2.24, 2.45) is 0 Å². The smallest absolute Gasteiger partial charge is 0.462 e. The fraction of sp³-hybridized carbons (Fsp3) is 0.639. The Morgan fingerprint density at radius 2 is 0.529 bits per heavy atom. The van der Waals surface area contributed by atoms with E-state index in [4.69, 9.17) is 37.0 Å². The Bertz CT molecular complexity index is 2550. The lowest BCUT2D eigenvalue weighted by Crippen LogP contribution is -2.30. The van der Waals surface area contributed by atoms with Crippen LogP contribution in [-0.4, -0.2) is 96.7 Å². The predicted molar refractivity (Wildman–Crippen MR) is 417 cm³/mol. The van der Waals surface area contributed by atoms with Crippen molar-refractivity contribution in [3.8, 4) is 0 Å².